The lowest BCUT2D eigenvalue weighted by Crippen LogP contribution is -2.71. The van der Waals surface area contributed by atoms with Gasteiger partial charge < -0.3 is 31.4 Å². The number of thioether (sulfide) groups is 1. The minimum Gasteiger partial charge on any atom is -0.478 e. The van der Waals surface area contributed by atoms with E-state index in [4.69, 9.17) is 27.3 Å². The molecule has 2 aliphatic heterocycles. The summed E-state index contributed by atoms with van der Waals surface area (Å²) in [7, 11) is 1.84. The predicted octanol–water partition coefficient (Wildman–Crippen LogP) is -0.737. The zero-order chi connectivity index (χ0) is 31.7. The normalized spacial score (nSPS) is 19.0. The standard InChI is InChI=1S/C24H25ClN10O7S2/c1-10(22(38)39)42-31-15(14-18(25)44-24(26)29-14)19(36)28-16-20(37)35-17(23(40)41)11(9-43-21(16)35)7-33-5-3-13-12(8-33)30-32-34(13)6-4-27-2/h3,5,8,10,16,21,27H,4,6-7,9H2,1-2H3,(H4-,26,28,29,36,38,39,40,41)/p+1/t10-,16?,21?/m0/s1. The van der Waals surface area contributed by atoms with E-state index in [0.717, 1.165) is 21.8 Å². The third-order valence-electron chi connectivity index (χ3n) is 6.69. The number of β-lactam (4-membered cyclic amide) rings is 1. The summed E-state index contributed by atoms with van der Waals surface area (Å²) in [6.45, 7) is 2.73. The second-order valence-corrected chi connectivity index (χ2v) is 12.4. The monoisotopic (exact) mass is 665 g/mol. The van der Waals surface area contributed by atoms with E-state index in [-0.39, 0.29) is 33.2 Å². The van der Waals surface area contributed by atoms with E-state index in [1.165, 1.54) is 18.7 Å². The van der Waals surface area contributed by atoms with Crippen molar-refractivity contribution in [3.8, 4) is 0 Å². The molecule has 17 nitrogen and oxygen atoms in total. The topological polar surface area (TPSA) is 231 Å². The molecule has 2 amide bonds. The summed E-state index contributed by atoms with van der Waals surface area (Å²) in [5, 5.41) is 36.1. The maximum Gasteiger partial charge on any atom is 0.352 e. The fraction of sp³-hybridized carbons (Fsp3) is 0.375. The second-order valence-electron chi connectivity index (χ2n) is 9.62. The Morgan fingerprint density at radius 1 is 1.36 bits per heavy atom. The number of rotatable bonds is 12. The summed E-state index contributed by atoms with van der Waals surface area (Å²) in [6, 6.07) is 0.727. The third-order valence-corrected chi connectivity index (χ3v) is 9.11. The fourth-order valence-corrected chi connectivity index (χ4v) is 6.78. The minimum absolute atomic E-state index is 0.00600. The van der Waals surface area contributed by atoms with Gasteiger partial charge in [-0.3, -0.25) is 14.5 Å². The number of anilines is 1. The number of carbonyl (C=O) groups is 4. The quantitative estimate of drug-likeness (QED) is 0.0695. The molecule has 0 aliphatic carbocycles. The van der Waals surface area contributed by atoms with Crippen LogP contribution in [-0.4, -0.2) is 101 Å². The highest BCUT2D eigenvalue weighted by Crippen LogP contribution is 2.40. The zero-order valence-electron chi connectivity index (χ0n) is 23.1. The number of carbonyl (C=O) groups excluding carboxylic acids is 2. The van der Waals surface area contributed by atoms with Crippen LogP contribution in [0.15, 0.2) is 34.9 Å². The van der Waals surface area contributed by atoms with Crippen LogP contribution < -0.4 is 20.9 Å². The number of pyridine rings is 1. The highest BCUT2D eigenvalue weighted by Gasteiger charge is 2.55. The first-order valence-corrected chi connectivity index (χ1v) is 15.2. The number of halogens is 1. The van der Waals surface area contributed by atoms with E-state index in [1.807, 2.05) is 13.1 Å². The van der Waals surface area contributed by atoms with Crippen molar-refractivity contribution < 1.29 is 38.8 Å². The molecular weight excluding hydrogens is 640 g/mol. The molecule has 1 saturated heterocycles. The molecule has 0 radical (unpaired) electrons. The van der Waals surface area contributed by atoms with Crippen LogP contribution in [-0.2, 0) is 37.1 Å². The smallest absolute Gasteiger partial charge is 0.352 e. The van der Waals surface area contributed by atoms with E-state index in [0.29, 0.717) is 24.2 Å². The van der Waals surface area contributed by atoms with Crippen LogP contribution in [0.25, 0.3) is 11.0 Å². The van der Waals surface area contributed by atoms with Crippen LogP contribution in [0.4, 0.5) is 5.13 Å². The van der Waals surface area contributed by atoms with Gasteiger partial charge in [0.15, 0.2) is 35.3 Å². The number of carboxylic acids is 2. The van der Waals surface area contributed by atoms with Crippen molar-refractivity contribution in [3.05, 3.63) is 39.8 Å². The fourth-order valence-electron chi connectivity index (χ4n) is 4.51. The van der Waals surface area contributed by atoms with Crippen molar-refractivity contribution in [1.29, 1.82) is 0 Å². The van der Waals surface area contributed by atoms with Gasteiger partial charge in [0.2, 0.25) is 6.10 Å². The van der Waals surface area contributed by atoms with Crippen LogP contribution >= 0.6 is 34.7 Å². The second kappa shape index (κ2) is 12.7. The first-order valence-electron chi connectivity index (χ1n) is 13.0. The number of nitrogens with zero attached hydrogens (tertiary/aromatic N) is 7. The average molecular weight is 666 g/mol. The predicted molar refractivity (Wildman–Crippen MR) is 158 cm³/mol. The summed E-state index contributed by atoms with van der Waals surface area (Å²) >= 11 is 8.29. The number of amides is 2. The maximum absolute atomic E-state index is 13.3. The molecule has 0 bridgehead atoms. The molecule has 6 N–H and O–H groups in total. The number of nitrogens with two attached hydrogens (primary N) is 1. The summed E-state index contributed by atoms with van der Waals surface area (Å²) in [4.78, 5) is 60.1. The molecule has 0 aromatic carbocycles. The first kappa shape index (κ1) is 31.1. The first-order chi connectivity index (χ1) is 21.0. The lowest BCUT2D eigenvalue weighted by atomic mass is 10.0. The molecule has 1 fully saturated rings. The van der Waals surface area contributed by atoms with Crippen molar-refractivity contribution in [1.82, 2.24) is 35.5 Å². The Hall–Kier alpha value is -4.33. The van der Waals surface area contributed by atoms with Gasteiger partial charge in [0, 0.05) is 23.9 Å². The molecule has 232 valence electrons. The highest BCUT2D eigenvalue weighted by atomic mass is 35.5. The number of hydrogen-bond donors (Lipinski definition) is 5. The van der Waals surface area contributed by atoms with Crippen LogP contribution in [0.3, 0.4) is 0 Å². The Labute approximate surface area is 261 Å². The Kier molecular flexibility index (Phi) is 9.00. The molecule has 3 aromatic heterocycles. The minimum atomic E-state index is -1.41. The van der Waals surface area contributed by atoms with Crippen molar-refractivity contribution in [3.63, 3.8) is 0 Å². The molecular formula is C24H26ClN10O7S2+. The van der Waals surface area contributed by atoms with E-state index in [1.54, 1.807) is 21.6 Å². The Balaban J connectivity index is 1.35. The molecule has 20 heteroatoms. The van der Waals surface area contributed by atoms with E-state index >= 15 is 0 Å². The number of aliphatic carboxylic acids is 2. The number of likely N-dealkylation sites (N-methyl/N-ethyl adjacent to an activating group) is 1. The van der Waals surface area contributed by atoms with Crippen LogP contribution in [0.2, 0.25) is 4.34 Å². The third kappa shape index (κ3) is 6.03. The Bertz CT molecular complexity index is 1720. The largest absolute Gasteiger partial charge is 0.478 e. The number of fused-ring (bicyclic) bond motifs is 2. The van der Waals surface area contributed by atoms with Crippen molar-refractivity contribution in [2.45, 2.75) is 37.5 Å². The summed E-state index contributed by atoms with van der Waals surface area (Å²) in [6.07, 6.45) is 2.14. The van der Waals surface area contributed by atoms with E-state index in [9.17, 15) is 24.3 Å². The summed E-state index contributed by atoms with van der Waals surface area (Å²) in [5.41, 5.74) is 6.82. The Morgan fingerprint density at radius 3 is 2.80 bits per heavy atom. The molecule has 0 saturated carbocycles. The number of aromatic nitrogens is 5. The number of nitrogen functional groups attached to an aromatic ring is 1. The van der Waals surface area contributed by atoms with Gasteiger partial charge in [-0.15, -0.1) is 16.9 Å². The van der Waals surface area contributed by atoms with Gasteiger partial charge in [0.25, 0.3) is 11.8 Å². The molecule has 3 aromatic rings. The van der Waals surface area contributed by atoms with Gasteiger partial charge in [0.1, 0.15) is 32.7 Å². The molecule has 3 atom stereocenters. The average Bonchev–Trinajstić information content (AvgIpc) is 3.55. The van der Waals surface area contributed by atoms with Gasteiger partial charge >= 0.3 is 11.9 Å². The van der Waals surface area contributed by atoms with Gasteiger partial charge in [-0.1, -0.05) is 33.3 Å². The number of hydrogen-bond acceptors (Lipinski definition) is 13. The van der Waals surface area contributed by atoms with Crippen LogP contribution in [0, 0.1) is 0 Å². The van der Waals surface area contributed by atoms with Crippen molar-refractivity contribution in [2.75, 3.05) is 25.1 Å². The Morgan fingerprint density at radius 2 is 2.14 bits per heavy atom. The molecule has 44 heavy (non-hydrogen) atoms. The van der Waals surface area contributed by atoms with Crippen molar-refractivity contribution >= 4 is 80.3 Å². The lowest BCUT2D eigenvalue weighted by Gasteiger charge is -2.49. The molecule has 0 spiro atoms. The summed E-state index contributed by atoms with van der Waals surface area (Å²) in [5.74, 6) is -3.95. The summed E-state index contributed by atoms with van der Waals surface area (Å²) < 4.78 is 3.53. The van der Waals surface area contributed by atoms with Gasteiger partial charge in [-0.2, -0.15) is 4.57 Å². The van der Waals surface area contributed by atoms with Crippen LogP contribution in [0.5, 0.6) is 0 Å². The van der Waals surface area contributed by atoms with E-state index < -0.39 is 47.0 Å². The number of oxime groups is 1. The number of carboxylic acid groups (broad SMARTS) is 2. The molecule has 5 rings (SSSR count). The SMILES string of the molecule is CNCCn1nnc2c[n+](CC3=C(C(=O)O)N4C(=O)C(NC(=O)C(=NO[C@@H](C)C(=O)O)c5nc(N)sc5Cl)C4SC3)ccc21. The number of thiazole rings is 1. The highest BCUT2D eigenvalue weighted by molar-refractivity contribution is 8.00. The zero-order valence-corrected chi connectivity index (χ0v) is 25.5. The lowest BCUT2D eigenvalue weighted by molar-refractivity contribution is -0.687. The molecule has 2 unspecified atom stereocenters. The van der Waals surface area contributed by atoms with Crippen LogP contribution in [0.1, 0.15) is 12.6 Å². The van der Waals surface area contributed by atoms with Crippen molar-refractivity contribution in [2.24, 2.45) is 5.16 Å². The van der Waals surface area contributed by atoms with Gasteiger partial charge in [0.05, 0.1) is 6.54 Å². The van der Waals surface area contributed by atoms with E-state index in [2.05, 4.69) is 31.1 Å². The molecule has 5 heterocycles. The number of nitrogens with one attached hydrogen (secondary N) is 2. The molecule has 2 aliphatic rings. The van der Waals surface area contributed by atoms with Gasteiger partial charge in [-0.05, 0) is 14.0 Å². The maximum atomic E-state index is 13.3. The van der Waals surface area contributed by atoms with Gasteiger partial charge in [-0.25, -0.2) is 19.3 Å².